The van der Waals surface area contributed by atoms with E-state index in [1.807, 2.05) is 24.3 Å². The molecule has 0 bridgehead atoms. The largest absolute Gasteiger partial charge is 0.370 e. The van der Waals surface area contributed by atoms with Gasteiger partial charge in [0.2, 0.25) is 5.91 Å². The van der Waals surface area contributed by atoms with Crippen molar-refractivity contribution < 1.29 is 4.79 Å². The van der Waals surface area contributed by atoms with Crippen LogP contribution in [0.1, 0.15) is 6.42 Å². The van der Waals surface area contributed by atoms with Gasteiger partial charge in [0.1, 0.15) is 0 Å². The summed E-state index contributed by atoms with van der Waals surface area (Å²) in [6.07, 6.45) is 0.403. The standard InChI is InChI=1S/C10H10N2OS2/c11-9(13)5-6-14-10-12-7-3-1-2-4-8(7)15-10/h1-4H,5-6H2,(H2,11,13). The summed E-state index contributed by atoms with van der Waals surface area (Å²) in [5, 5.41) is 0. The summed E-state index contributed by atoms with van der Waals surface area (Å²) in [4.78, 5) is 15.0. The van der Waals surface area contributed by atoms with Gasteiger partial charge >= 0.3 is 0 Å². The number of nitrogens with zero attached hydrogens (tertiary/aromatic N) is 1. The molecule has 1 amide bonds. The van der Waals surface area contributed by atoms with Crippen molar-refractivity contribution in [2.24, 2.45) is 5.73 Å². The number of rotatable bonds is 4. The fraction of sp³-hybridized carbons (Fsp3) is 0.200. The molecule has 1 aromatic carbocycles. The van der Waals surface area contributed by atoms with Gasteiger partial charge < -0.3 is 5.73 Å². The lowest BCUT2D eigenvalue weighted by Gasteiger charge is -1.92. The molecule has 0 fully saturated rings. The number of aromatic nitrogens is 1. The van der Waals surface area contributed by atoms with Crippen molar-refractivity contribution in [1.29, 1.82) is 0 Å². The molecule has 2 N–H and O–H groups in total. The van der Waals surface area contributed by atoms with Gasteiger partial charge in [-0.25, -0.2) is 4.98 Å². The number of fused-ring (bicyclic) bond motifs is 1. The SMILES string of the molecule is NC(=O)CCSc1nc2ccccc2s1. The minimum absolute atomic E-state index is 0.261. The number of carbonyl (C=O) groups is 1. The van der Waals surface area contributed by atoms with Crippen LogP contribution in [-0.4, -0.2) is 16.6 Å². The summed E-state index contributed by atoms with van der Waals surface area (Å²) in [6.45, 7) is 0. The molecule has 0 unspecified atom stereocenters. The van der Waals surface area contributed by atoms with Crippen LogP contribution in [0.5, 0.6) is 0 Å². The molecule has 3 nitrogen and oxygen atoms in total. The molecule has 5 heteroatoms. The van der Waals surface area contributed by atoms with E-state index < -0.39 is 0 Å². The minimum Gasteiger partial charge on any atom is -0.370 e. The Balaban J connectivity index is 2.05. The summed E-state index contributed by atoms with van der Waals surface area (Å²) in [5.74, 6) is 0.443. The molecule has 0 radical (unpaired) electrons. The predicted molar refractivity (Wildman–Crippen MR) is 64.2 cm³/mol. The molecule has 0 aliphatic heterocycles. The maximum Gasteiger partial charge on any atom is 0.218 e. The van der Waals surface area contributed by atoms with Crippen LogP contribution in [0.15, 0.2) is 28.6 Å². The van der Waals surface area contributed by atoms with E-state index in [9.17, 15) is 4.79 Å². The van der Waals surface area contributed by atoms with Crippen LogP contribution in [0.3, 0.4) is 0 Å². The maximum atomic E-state index is 10.6. The average molecular weight is 238 g/mol. The van der Waals surface area contributed by atoms with Gasteiger partial charge in [-0.15, -0.1) is 11.3 Å². The molecule has 78 valence electrons. The quantitative estimate of drug-likeness (QED) is 0.831. The smallest absolute Gasteiger partial charge is 0.218 e. The second-order valence-electron chi connectivity index (χ2n) is 3.01. The van der Waals surface area contributed by atoms with E-state index in [4.69, 9.17) is 5.73 Å². The molecule has 15 heavy (non-hydrogen) atoms. The molecule has 0 atom stereocenters. The molecule has 0 aliphatic rings. The number of hydrogen-bond acceptors (Lipinski definition) is 4. The van der Waals surface area contributed by atoms with E-state index in [1.54, 1.807) is 23.1 Å². The zero-order chi connectivity index (χ0) is 10.7. The van der Waals surface area contributed by atoms with Gasteiger partial charge in [0.25, 0.3) is 0 Å². The van der Waals surface area contributed by atoms with Gasteiger partial charge in [-0.2, -0.15) is 0 Å². The number of nitrogens with two attached hydrogens (primary N) is 1. The number of para-hydroxylation sites is 1. The van der Waals surface area contributed by atoms with Gasteiger partial charge in [-0.05, 0) is 12.1 Å². The molecule has 0 spiro atoms. The Labute approximate surface area is 95.7 Å². The van der Waals surface area contributed by atoms with Crippen molar-refractivity contribution in [3.05, 3.63) is 24.3 Å². The van der Waals surface area contributed by atoms with Crippen molar-refractivity contribution in [3.63, 3.8) is 0 Å². The Bertz CT molecular complexity index is 448. The van der Waals surface area contributed by atoms with E-state index in [0.29, 0.717) is 12.2 Å². The first-order valence-electron chi connectivity index (χ1n) is 4.52. The van der Waals surface area contributed by atoms with Gasteiger partial charge in [-0.1, -0.05) is 23.9 Å². The molecular formula is C10H10N2OS2. The van der Waals surface area contributed by atoms with Crippen LogP contribution in [0.4, 0.5) is 0 Å². The lowest BCUT2D eigenvalue weighted by atomic mass is 10.3. The van der Waals surface area contributed by atoms with Gasteiger partial charge in [-0.3, -0.25) is 4.79 Å². The van der Waals surface area contributed by atoms with Crippen LogP contribution >= 0.6 is 23.1 Å². The second kappa shape index (κ2) is 4.63. The Hall–Kier alpha value is -1.07. The molecule has 2 aromatic rings. The molecule has 2 rings (SSSR count). The molecule has 1 aromatic heterocycles. The molecular weight excluding hydrogens is 228 g/mol. The lowest BCUT2D eigenvalue weighted by molar-refractivity contribution is -0.117. The molecule has 1 heterocycles. The number of amides is 1. The van der Waals surface area contributed by atoms with Crippen molar-refractivity contribution in [3.8, 4) is 0 Å². The van der Waals surface area contributed by atoms with Crippen molar-refractivity contribution >= 4 is 39.2 Å². The Kier molecular flexibility index (Phi) is 3.23. The zero-order valence-electron chi connectivity index (χ0n) is 7.97. The van der Waals surface area contributed by atoms with Crippen LogP contribution in [-0.2, 0) is 4.79 Å². The van der Waals surface area contributed by atoms with Crippen molar-refractivity contribution in [2.45, 2.75) is 10.8 Å². The Morgan fingerprint density at radius 1 is 1.47 bits per heavy atom. The highest BCUT2D eigenvalue weighted by molar-refractivity contribution is 8.01. The third-order valence-electron chi connectivity index (χ3n) is 1.85. The first kappa shape index (κ1) is 10.4. The molecule has 0 aliphatic carbocycles. The van der Waals surface area contributed by atoms with Crippen molar-refractivity contribution in [2.75, 3.05) is 5.75 Å². The van der Waals surface area contributed by atoms with E-state index >= 15 is 0 Å². The highest BCUT2D eigenvalue weighted by Gasteiger charge is 2.03. The minimum atomic E-state index is -0.261. The number of hydrogen-bond donors (Lipinski definition) is 1. The maximum absolute atomic E-state index is 10.6. The van der Waals surface area contributed by atoms with E-state index in [0.717, 1.165) is 9.86 Å². The van der Waals surface area contributed by atoms with Gasteiger partial charge in [0.15, 0.2) is 4.34 Å². The predicted octanol–water partition coefficient (Wildman–Crippen LogP) is 2.26. The van der Waals surface area contributed by atoms with Crippen LogP contribution in [0.25, 0.3) is 10.2 Å². The number of carbonyl (C=O) groups excluding carboxylic acids is 1. The van der Waals surface area contributed by atoms with Gasteiger partial charge in [0.05, 0.1) is 10.2 Å². The Morgan fingerprint density at radius 2 is 2.27 bits per heavy atom. The highest BCUT2D eigenvalue weighted by atomic mass is 32.2. The van der Waals surface area contributed by atoms with Crippen molar-refractivity contribution in [1.82, 2.24) is 4.98 Å². The second-order valence-corrected chi connectivity index (χ2v) is 5.38. The number of primary amides is 1. The third-order valence-corrected chi connectivity index (χ3v) is 4.03. The molecule has 0 saturated carbocycles. The number of benzene rings is 1. The molecule has 0 saturated heterocycles. The number of thiazole rings is 1. The number of thioether (sulfide) groups is 1. The van der Waals surface area contributed by atoms with Crippen LogP contribution in [0.2, 0.25) is 0 Å². The summed E-state index contributed by atoms with van der Waals surface area (Å²) < 4.78 is 2.18. The summed E-state index contributed by atoms with van der Waals surface area (Å²) >= 11 is 3.23. The third kappa shape index (κ3) is 2.70. The fourth-order valence-electron chi connectivity index (χ4n) is 1.15. The van der Waals surface area contributed by atoms with Crippen LogP contribution < -0.4 is 5.73 Å². The summed E-state index contributed by atoms with van der Waals surface area (Å²) in [6, 6.07) is 8.01. The average Bonchev–Trinajstić information content (AvgIpc) is 2.59. The Morgan fingerprint density at radius 3 is 3.00 bits per heavy atom. The van der Waals surface area contributed by atoms with E-state index in [-0.39, 0.29) is 5.91 Å². The normalized spacial score (nSPS) is 10.7. The first-order valence-corrected chi connectivity index (χ1v) is 6.32. The monoisotopic (exact) mass is 238 g/mol. The van der Waals surface area contributed by atoms with Gasteiger partial charge in [0, 0.05) is 12.2 Å². The van der Waals surface area contributed by atoms with E-state index in [2.05, 4.69) is 4.98 Å². The zero-order valence-corrected chi connectivity index (χ0v) is 9.61. The lowest BCUT2D eigenvalue weighted by Crippen LogP contribution is -2.10. The van der Waals surface area contributed by atoms with E-state index in [1.165, 1.54) is 4.70 Å². The fourth-order valence-corrected chi connectivity index (χ4v) is 3.24. The first-order chi connectivity index (χ1) is 7.25. The summed E-state index contributed by atoms with van der Waals surface area (Å²) in [5.41, 5.74) is 6.08. The highest BCUT2D eigenvalue weighted by Crippen LogP contribution is 2.29. The summed E-state index contributed by atoms with van der Waals surface area (Å²) in [7, 11) is 0. The topological polar surface area (TPSA) is 56.0 Å². The van der Waals surface area contributed by atoms with Crippen LogP contribution in [0, 0.1) is 0 Å².